The van der Waals surface area contributed by atoms with Gasteiger partial charge in [0.25, 0.3) is 5.56 Å². The number of aromatic amines is 1. The lowest BCUT2D eigenvalue weighted by Crippen LogP contribution is -2.44. The highest BCUT2D eigenvalue weighted by Crippen LogP contribution is 2.28. The van der Waals surface area contributed by atoms with Gasteiger partial charge in [-0.25, -0.2) is 9.59 Å². The number of nitrogens with one attached hydrogen (secondary N) is 3. The monoisotopic (exact) mass is 337 g/mol. The van der Waals surface area contributed by atoms with E-state index in [2.05, 4.69) is 20.6 Å². The Morgan fingerprint density at radius 3 is 2.58 bits per heavy atom. The third kappa shape index (κ3) is 3.31. The van der Waals surface area contributed by atoms with Crippen molar-refractivity contribution in [2.75, 3.05) is 29.6 Å². The van der Waals surface area contributed by atoms with Crippen LogP contribution in [0, 0.1) is 0 Å². The van der Waals surface area contributed by atoms with Crippen LogP contribution >= 0.6 is 0 Å². The summed E-state index contributed by atoms with van der Waals surface area (Å²) in [5.74, 6) is -1.51. The van der Waals surface area contributed by atoms with Crippen LogP contribution in [0.15, 0.2) is 16.6 Å². The average Bonchev–Trinajstić information content (AvgIpc) is 2.65. The number of carbonyl (C=O) groups is 2. The van der Waals surface area contributed by atoms with Crippen LogP contribution in [0.2, 0.25) is 0 Å². The molecule has 0 fully saturated rings. The van der Waals surface area contributed by atoms with Gasteiger partial charge in [0.1, 0.15) is 11.4 Å². The number of hydrogen-bond donors (Lipinski definition) is 4. The number of rotatable bonds is 4. The summed E-state index contributed by atoms with van der Waals surface area (Å²) < 4.78 is 9.97. The van der Waals surface area contributed by atoms with Crippen molar-refractivity contribution in [3.8, 4) is 0 Å². The zero-order chi connectivity index (χ0) is 17.9. The lowest BCUT2D eigenvalue weighted by molar-refractivity contribution is -0.146. The van der Waals surface area contributed by atoms with Crippen LogP contribution < -0.4 is 21.9 Å². The fourth-order valence-electron chi connectivity index (χ4n) is 2.15. The predicted molar refractivity (Wildman–Crippen MR) is 86.3 cm³/mol. The highest BCUT2D eigenvalue weighted by Gasteiger charge is 2.38. The summed E-state index contributed by atoms with van der Waals surface area (Å²) in [6.45, 7) is 5.04. The van der Waals surface area contributed by atoms with Crippen molar-refractivity contribution in [2.24, 2.45) is 0 Å². The molecule has 1 atom stereocenters. The number of ether oxygens (including phenoxy) is 2. The second kappa shape index (κ2) is 6.60. The minimum absolute atomic E-state index is 0.00331. The molecule has 0 spiro atoms. The largest absolute Gasteiger partial charge is 0.464 e. The van der Waals surface area contributed by atoms with E-state index >= 15 is 0 Å². The van der Waals surface area contributed by atoms with Gasteiger partial charge in [-0.3, -0.25) is 9.78 Å². The molecule has 10 heteroatoms. The highest BCUT2D eigenvalue weighted by molar-refractivity contribution is 5.98. The van der Waals surface area contributed by atoms with Crippen molar-refractivity contribution < 1.29 is 19.1 Å². The highest BCUT2D eigenvalue weighted by atomic mass is 16.5. The van der Waals surface area contributed by atoms with Crippen molar-refractivity contribution >= 4 is 29.4 Å². The van der Waals surface area contributed by atoms with E-state index in [1.807, 2.05) is 0 Å². The molecule has 0 aliphatic carbocycles. The molecular formula is C14H19N5O5. The summed E-state index contributed by atoms with van der Waals surface area (Å²) in [5, 5.41) is 5.44. The Morgan fingerprint density at radius 1 is 1.29 bits per heavy atom. The van der Waals surface area contributed by atoms with Crippen LogP contribution in [-0.2, 0) is 19.1 Å². The van der Waals surface area contributed by atoms with E-state index in [-0.39, 0.29) is 36.4 Å². The normalized spacial score (nSPS) is 19.0. The molecule has 5 N–H and O–H groups in total. The zero-order valence-electron chi connectivity index (χ0n) is 13.6. The molecule has 0 amide bonds. The molecule has 2 rings (SSSR count). The second-order valence-corrected chi connectivity index (χ2v) is 5.13. The fourth-order valence-corrected chi connectivity index (χ4v) is 2.15. The summed E-state index contributed by atoms with van der Waals surface area (Å²) in [6.07, 6.45) is 1.29. The van der Waals surface area contributed by atoms with E-state index < -0.39 is 23.0 Å². The second-order valence-electron chi connectivity index (χ2n) is 5.13. The smallest absolute Gasteiger partial charge is 0.354 e. The van der Waals surface area contributed by atoms with Crippen LogP contribution in [0.5, 0.6) is 0 Å². The summed E-state index contributed by atoms with van der Waals surface area (Å²) in [5.41, 5.74) is 3.34. The van der Waals surface area contributed by atoms with E-state index in [0.29, 0.717) is 0 Å². The number of nitrogens with two attached hydrogens (primary N) is 1. The zero-order valence-corrected chi connectivity index (χ0v) is 13.6. The standard InChI is InChI=1S/C14H19N5O5/c1-4-23-11(21)7-6-14(3,12(22)24-5-2)19-8-9(16-7)17-13(15)18-10(8)20/h6,19H,4-5H2,1-3H3,(H4,15,16,17,18,20)/t14-/m0/s1. The first-order valence-corrected chi connectivity index (χ1v) is 7.33. The van der Waals surface area contributed by atoms with Gasteiger partial charge in [0.15, 0.2) is 11.4 Å². The van der Waals surface area contributed by atoms with Gasteiger partial charge in [-0.05, 0) is 26.8 Å². The Kier molecular flexibility index (Phi) is 4.77. The quantitative estimate of drug-likeness (QED) is 0.555. The van der Waals surface area contributed by atoms with Crippen molar-refractivity contribution in [3.63, 3.8) is 0 Å². The number of nitrogen functional groups attached to an aromatic ring is 1. The number of carbonyl (C=O) groups excluding carboxylic acids is 2. The molecule has 1 aromatic heterocycles. The van der Waals surface area contributed by atoms with Crippen molar-refractivity contribution in [1.29, 1.82) is 0 Å². The lowest BCUT2D eigenvalue weighted by atomic mass is 10.0. The number of hydrogen-bond acceptors (Lipinski definition) is 9. The van der Waals surface area contributed by atoms with Gasteiger partial charge in [-0.2, -0.15) is 4.98 Å². The molecule has 0 saturated carbocycles. The summed E-state index contributed by atoms with van der Waals surface area (Å²) in [4.78, 5) is 42.8. The molecule has 1 aromatic rings. The van der Waals surface area contributed by atoms with E-state index in [9.17, 15) is 14.4 Å². The Morgan fingerprint density at radius 2 is 1.96 bits per heavy atom. The number of nitrogens with zero attached hydrogens (tertiary/aromatic N) is 1. The van der Waals surface area contributed by atoms with Crippen molar-refractivity contribution in [2.45, 2.75) is 26.3 Å². The molecule has 130 valence electrons. The van der Waals surface area contributed by atoms with E-state index in [0.717, 1.165) is 0 Å². The van der Waals surface area contributed by atoms with E-state index in [1.54, 1.807) is 13.8 Å². The predicted octanol–water partition coefficient (Wildman–Crippen LogP) is -0.0417. The molecule has 10 nitrogen and oxygen atoms in total. The van der Waals surface area contributed by atoms with E-state index in [4.69, 9.17) is 15.2 Å². The molecule has 1 aliphatic heterocycles. The number of H-pyrrole nitrogens is 1. The Balaban J connectivity index is 2.59. The van der Waals surface area contributed by atoms with Gasteiger partial charge in [0, 0.05) is 0 Å². The third-order valence-electron chi connectivity index (χ3n) is 3.20. The third-order valence-corrected chi connectivity index (χ3v) is 3.20. The van der Waals surface area contributed by atoms with Gasteiger partial charge < -0.3 is 25.8 Å². The van der Waals surface area contributed by atoms with Gasteiger partial charge in [-0.15, -0.1) is 0 Å². The van der Waals surface area contributed by atoms with Gasteiger partial charge >= 0.3 is 11.9 Å². The SMILES string of the molecule is CCOC(=O)C1=C[C@@](C)(C(=O)OCC)Nc2c(nc(N)[nH]c2=O)N1. The first-order valence-electron chi connectivity index (χ1n) is 7.33. The molecule has 0 unspecified atom stereocenters. The minimum atomic E-state index is -1.48. The number of fused-ring (bicyclic) bond motifs is 1. The van der Waals surface area contributed by atoms with Crippen molar-refractivity contribution in [1.82, 2.24) is 9.97 Å². The molecule has 0 saturated heterocycles. The first kappa shape index (κ1) is 17.3. The number of anilines is 3. The van der Waals surface area contributed by atoms with Crippen LogP contribution in [0.1, 0.15) is 20.8 Å². The van der Waals surface area contributed by atoms with Gasteiger partial charge in [0.2, 0.25) is 5.95 Å². The van der Waals surface area contributed by atoms with Gasteiger partial charge in [-0.1, -0.05) is 0 Å². The van der Waals surface area contributed by atoms with Crippen LogP contribution in [0.25, 0.3) is 0 Å². The Hall–Kier alpha value is -3.04. The fraction of sp³-hybridized carbons (Fsp3) is 0.429. The van der Waals surface area contributed by atoms with Crippen molar-refractivity contribution in [3.05, 3.63) is 22.1 Å². The van der Waals surface area contributed by atoms with Crippen LogP contribution in [-0.4, -0.2) is 40.7 Å². The summed E-state index contributed by atoms with van der Waals surface area (Å²) in [6, 6.07) is 0. The molecule has 0 aromatic carbocycles. The summed E-state index contributed by atoms with van der Waals surface area (Å²) in [7, 11) is 0. The minimum Gasteiger partial charge on any atom is -0.464 e. The average molecular weight is 337 g/mol. The number of aromatic nitrogens is 2. The lowest BCUT2D eigenvalue weighted by Gasteiger charge is -2.24. The Bertz CT molecular complexity index is 756. The first-order chi connectivity index (χ1) is 11.3. The maximum Gasteiger partial charge on any atom is 0.354 e. The van der Waals surface area contributed by atoms with Gasteiger partial charge in [0.05, 0.1) is 13.2 Å². The van der Waals surface area contributed by atoms with E-state index in [1.165, 1.54) is 13.0 Å². The summed E-state index contributed by atoms with van der Waals surface area (Å²) >= 11 is 0. The molecule has 0 bridgehead atoms. The molecular weight excluding hydrogens is 318 g/mol. The van der Waals surface area contributed by atoms with Crippen LogP contribution in [0.4, 0.5) is 17.5 Å². The van der Waals surface area contributed by atoms with Crippen LogP contribution in [0.3, 0.4) is 0 Å². The topological polar surface area (TPSA) is 148 Å². The molecule has 0 radical (unpaired) electrons. The Labute approximate surface area is 137 Å². The number of esters is 2. The molecule has 1 aliphatic rings. The molecule has 24 heavy (non-hydrogen) atoms. The maximum atomic E-state index is 12.3. The maximum absolute atomic E-state index is 12.3. The molecule has 2 heterocycles.